The fourth-order valence-electron chi connectivity index (χ4n) is 1.36. The summed E-state index contributed by atoms with van der Waals surface area (Å²) in [6.45, 7) is 0.197. The second-order valence-electron chi connectivity index (χ2n) is 3.50. The van der Waals surface area contributed by atoms with Crippen LogP contribution >= 0.6 is 0 Å². The predicted molar refractivity (Wildman–Crippen MR) is 58.0 cm³/mol. The van der Waals surface area contributed by atoms with Gasteiger partial charge in [-0.05, 0) is 17.7 Å². The van der Waals surface area contributed by atoms with E-state index in [1.165, 1.54) is 17.1 Å². The maximum absolute atomic E-state index is 13.0. The van der Waals surface area contributed by atoms with E-state index in [1.54, 1.807) is 0 Å². The van der Waals surface area contributed by atoms with E-state index < -0.39 is 11.6 Å². The number of benzene rings is 1. The van der Waals surface area contributed by atoms with Crippen LogP contribution in [0.1, 0.15) is 11.4 Å². The molecule has 0 aliphatic carbocycles. The monoisotopic (exact) mass is 253 g/mol. The van der Waals surface area contributed by atoms with Crippen LogP contribution in [0.5, 0.6) is 0 Å². The minimum Gasteiger partial charge on any atom is -0.409 e. The smallest absolute Gasteiger partial charge is 0.219 e. The third-order valence-electron chi connectivity index (χ3n) is 2.20. The molecule has 18 heavy (non-hydrogen) atoms. The molecule has 94 valence electrons. The highest BCUT2D eigenvalue weighted by Crippen LogP contribution is 2.09. The number of hydrogen-bond acceptors (Lipinski definition) is 4. The molecule has 1 aromatic heterocycles. The van der Waals surface area contributed by atoms with Gasteiger partial charge >= 0.3 is 0 Å². The van der Waals surface area contributed by atoms with Gasteiger partial charge in [0, 0.05) is 0 Å². The van der Waals surface area contributed by atoms with Crippen LogP contribution in [0, 0.1) is 11.6 Å². The van der Waals surface area contributed by atoms with Gasteiger partial charge in [0.05, 0.1) is 6.54 Å². The molecular formula is C10H9F2N5O. The van der Waals surface area contributed by atoms with Crippen LogP contribution < -0.4 is 5.73 Å². The van der Waals surface area contributed by atoms with Crippen molar-refractivity contribution in [1.82, 2.24) is 14.8 Å². The Bertz CT molecular complexity index is 596. The molecule has 0 unspecified atom stereocenters. The standard InChI is InChI=1S/C10H9F2N5O/c11-7-2-1-6(3-8(7)12)4-17-5-14-10(15-17)9(13)16-18/h1-3,5,18H,4H2,(H2,13,16). The van der Waals surface area contributed by atoms with Crippen molar-refractivity contribution in [3.05, 3.63) is 47.5 Å². The summed E-state index contributed by atoms with van der Waals surface area (Å²) in [7, 11) is 0. The number of aromatic nitrogens is 3. The second kappa shape index (κ2) is 4.78. The quantitative estimate of drug-likeness (QED) is 0.364. The third-order valence-corrected chi connectivity index (χ3v) is 2.20. The molecule has 0 atom stereocenters. The van der Waals surface area contributed by atoms with Gasteiger partial charge in [-0.15, -0.1) is 5.10 Å². The van der Waals surface area contributed by atoms with Gasteiger partial charge in [-0.25, -0.2) is 18.4 Å². The number of rotatable bonds is 3. The zero-order valence-corrected chi connectivity index (χ0v) is 9.09. The van der Waals surface area contributed by atoms with Gasteiger partial charge in [0.2, 0.25) is 11.7 Å². The first-order valence-corrected chi connectivity index (χ1v) is 4.91. The van der Waals surface area contributed by atoms with E-state index in [4.69, 9.17) is 10.9 Å². The van der Waals surface area contributed by atoms with E-state index in [1.807, 2.05) is 0 Å². The summed E-state index contributed by atoms with van der Waals surface area (Å²) >= 11 is 0. The largest absolute Gasteiger partial charge is 0.409 e. The molecule has 0 saturated heterocycles. The summed E-state index contributed by atoms with van der Waals surface area (Å²) in [5.74, 6) is -2.00. The van der Waals surface area contributed by atoms with Crippen LogP contribution in [-0.2, 0) is 6.54 Å². The minimum absolute atomic E-state index is 0.0556. The van der Waals surface area contributed by atoms with Gasteiger partial charge in [-0.3, -0.25) is 0 Å². The van der Waals surface area contributed by atoms with Crippen molar-refractivity contribution < 1.29 is 14.0 Å². The summed E-state index contributed by atoms with van der Waals surface area (Å²) in [5, 5.41) is 15.1. The SMILES string of the molecule is N/C(=N/O)c1ncn(Cc2ccc(F)c(F)c2)n1. The van der Waals surface area contributed by atoms with Gasteiger partial charge < -0.3 is 10.9 Å². The molecule has 2 rings (SSSR count). The fraction of sp³-hybridized carbons (Fsp3) is 0.100. The summed E-state index contributed by atoms with van der Waals surface area (Å²) in [6, 6.07) is 3.54. The van der Waals surface area contributed by atoms with Crippen molar-refractivity contribution in [2.45, 2.75) is 6.54 Å². The zero-order valence-electron chi connectivity index (χ0n) is 9.09. The Morgan fingerprint density at radius 3 is 2.83 bits per heavy atom. The Labute approximate surface area is 100 Å². The van der Waals surface area contributed by atoms with Crippen molar-refractivity contribution in [2.24, 2.45) is 10.9 Å². The van der Waals surface area contributed by atoms with Gasteiger partial charge in [0.25, 0.3) is 0 Å². The topological polar surface area (TPSA) is 89.3 Å². The molecule has 0 fully saturated rings. The highest BCUT2D eigenvalue weighted by atomic mass is 19.2. The molecule has 0 saturated carbocycles. The summed E-state index contributed by atoms with van der Waals surface area (Å²) in [6.07, 6.45) is 1.34. The number of halogens is 2. The average molecular weight is 253 g/mol. The first-order valence-electron chi connectivity index (χ1n) is 4.91. The second-order valence-corrected chi connectivity index (χ2v) is 3.50. The average Bonchev–Trinajstić information content (AvgIpc) is 2.81. The Morgan fingerprint density at radius 1 is 1.39 bits per heavy atom. The molecular weight excluding hydrogens is 244 g/mol. The molecule has 0 aliphatic heterocycles. The molecule has 1 aromatic carbocycles. The normalized spacial score (nSPS) is 11.8. The van der Waals surface area contributed by atoms with Crippen molar-refractivity contribution in [3.63, 3.8) is 0 Å². The fourth-order valence-corrected chi connectivity index (χ4v) is 1.36. The molecule has 0 bridgehead atoms. The molecule has 1 heterocycles. The van der Waals surface area contributed by atoms with E-state index >= 15 is 0 Å². The molecule has 6 nitrogen and oxygen atoms in total. The molecule has 0 radical (unpaired) electrons. The lowest BCUT2D eigenvalue weighted by atomic mass is 10.2. The number of hydrogen-bond donors (Lipinski definition) is 2. The molecule has 3 N–H and O–H groups in total. The zero-order chi connectivity index (χ0) is 13.1. The highest BCUT2D eigenvalue weighted by Gasteiger charge is 2.07. The van der Waals surface area contributed by atoms with Gasteiger partial charge in [0.1, 0.15) is 6.33 Å². The van der Waals surface area contributed by atoms with E-state index in [-0.39, 0.29) is 18.2 Å². The first-order chi connectivity index (χ1) is 8.60. The summed E-state index contributed by atoms with van der Waals surface area (Å²) in [4.78, 5) is 3.79. The van der Waals surface area contributed by atoms with Gasteiger partial charge in [-0.1, -0.05) is 11.2 Å². The molecule has 0 amide bonds. The first kappa shape index (κ1) is 12.0. The minimum atomic E-state index is -0.927. The Kier molecular flexibility index (Phi) is 3.18. The summed E-state index contributed by atoms with van der Waals surface area (Å²) < 4.78 is 27.1. The van der Waals surface area contributed by atoms with Crippen molar-refractivity contribution >= 4 is 5.84 Å². The molecule has 0 spiro atoms. The number of nitrogens with two attached hydrogens (primary N) is 1. The van der Waals surface area contributed by atoms with Crippen LogP contribution in [0.3, 0.4) is 0 Å². The lowest BCUT2D eigenvalue weighted by Gasteiger charge is -2.01. The van der Waals surface area contributed by atoms with Crippen molar-refractivity contribution in [3.8, 4) is 0 Å². The maximum atomic E-state index is 13.0. The van der Waals surface area contributed by atoms with E-state index in [0.29, 0.717) is 5.56 Å². The Balaban J connectivity index is 2.18. The lowest BCUT2D eigenvalue weighted by molar-refractivity contribution is 0.318. The number of amidine groups is 1. The van der Waals surface area contributed by atoms with E-state index in [2.05, 4.69) is 15.2 Å². The van der Waals surface area contributed by atoms with Gasteiger partial charge in [0.15, 0.2) is 11.6 Å². The number of nitrogens with zero attached hydrogens (tertiary/aromatic N) is 4. The molecule has 2 aromatic rings. The molecule has 0 aliphatic rings. The highest BCUT2D eigenvalue weighted by molar-refractivity contribution is 5.93. The maximum Gasteiger partial charge on any atom is 0.219 e. The number of oxime groups is 1. The predicted octanol–water partition coefficient (Wildman–Crippen LogP) is 0.699. The van der Waals surface area contributed by atoms with Crippen molar-refractivity contribution in [1.29, 1.82) is 0 Å². The van der Waals surface area contributed by atoms with Crippen LogP contribution in [0.2, 0.25) is 0 Å². The molecule has 8 heteroatoms. The Morgan fingerprint density at radius 2 is 2.17 bits per heavy atom. The van der Waals surface area contributed by atoms with E-state index in [9.17, 15) is 8.78 Å². The van der Waals surface area contributed by atoms with Crippen LogP contribution in [0.25, 0.3) is 0 Å². The summed E-state index contributed by atoms with van der Waals surface area (Å²) in [5.41, 5.74) is 5.82. The third kappa shape index (κ3) is 2.42. The van der Waals surface area contributed by atoms with E-state index in [0.717, 1.165) is 12.1 Å². The van der Waals surface area contributed by atoms with Crippen LogP contribution in [0.15, 0.2) is 29.7 Å². The lowest BCUT2D eigenvalue weighted by Crippen LogP contribution is -2.15. The van der Waals surface area contributed by atoms with Crippen LogP contribution in [0.4, 0.5) is 8.78 Å². The van der Waals surface area contributed by atoms with Gasteiger partial charge in [-0.2, -0.15) is 0 Å². The Hall–Kier alpha value is -2.51. The van der Waals surface area contributed by atoms with Crippen molar-refractivity contribution in [2.75, 3.05) is 0 Å². The van der Waals surface area contributed by atoms with Crippen LogP contribution in [-0.4, -0.2) is 25.8 Å².